The molecule has 2 atom stereocenters. The summed E-state index contributed by atoms with van der Waals surface area (Å²) >= 11 is 0. The molecule has 126 valence electrons. The van der Waals surface area contributed by atoms with E-state index in [1.165, 1.54) is 24.8 Å². The zero-order valence-corrected chi connectivity index (χ0v) is 14.3. The van der Waals surface area contributed by atoms with Crippen molar-refractivity contribution in [3.8, 4) is 5.75 Å². The second-order valence-corrected chi connectivity index (χ2v) is 6.80. The van der Waals surface area contributed by atoms with Crippen LogP contribution in [0.4, 0.5) is 0 Å². The third kappa shape index (κ3) is 3.69. The van der Waals surface area contributed by atoms with Crippen molar-refractivity contribution in [2.75, 3.05) is 20.2 Å². The van der Waals surface area contributed by atoms with Gasteiger partial charge in [-0.05, 0) is 43.5 Å². The molecule has 23 heavy (non-hydrogen) atoms. The van der Waals surface area contributed by atoms with Gasteiger partial charge in [0, 0.05) is 32.1 Å². The number of ether oxygens (including phenoxy) is 1. The fourth-order valence-corrected chi connectivity index (χ4v) is 4.18. The molecular formula is C19H28N2O2. The topological polar surface area (TPSA) is 32.8 Å². The van der Waals surface area contributed by atoms with Crippen LogP contribution in [0.15, 0.2) is 24.3 Å². The van der Waals surface area contributed by atoms with Gasteiger partial charge in [0.25, 0.3) is 0 Å². The first-order valence-electron chi connectivity index (χ1n) is 8.83. The van der Waals surface area contributed by atoms with Gasteiger partial charge in [-0.2, -0.15) is 0 Å². The number of benzene rings is 1. The molecule has 1 aromatic rings. The highest BCUT2D eigenvalue weighted by molar-refractivity contribution is 5.74. The van der Waals surface area contributed by atoms with Gasteiger partial charge in [-0.15, -0.1) is 0 Å². The highest BCUT2D eigenvalue weighted by Crippen LogP contribution is 2.30. The number of amides is 1. The molecular weight excluding hydrogens is 288 g/mol. The quantitative estimate of drug-likeness (QED) is 0.859. The molecule has 1 amide bonds. The average Bonchev–Trinajstić information content (AvgIpc) is 2.95. The molecule has 0 N–H and O–H groups in total. The van der Waals surface area contributed by atoms with E-state index in [4.69, 9.17) is 4.74 Å². The van der Waals surface area contributed by atoms with Crippen LogP contribution in [0.25, 0.3) is 0 Å². The van der Waals surface area contributed by atoms with Crippen LogP contribution in [0.1, 0.15) is 44.6 Å². The lowest BCUT2D eigenvalue weighted by Gasteiger charge is -2.37. The van der Waals surface area contributed by atoms with Crippen molar-refractivity contribution in [1.29, 1.82) is 0 Å². The van der Waals surface area contributed by atoms with Crippen molar-refractivity contribution in [1.82, 2.24) is 9.80 Å². The highest BCUT2D eigenvalue weighted by Gasteiger charge is 2.39. The summed E-state index contributed by atoms with van der Waals surface area (Å²) in [7, 11) is 1.70. The normalized spacial score (nSPS) is 25.6. The SMILES string of the molecule is COc1ccc(CN2CCCCC[C@@H]3[C@@H]2CCN3C(C)=O)cc1. The van der Waals surface area contributed by atoms with Crippen LogP contribution in [-0.2, 0) is 11.3 Å². The second kappa shape index (κ2) is 7.35. The van der Waals surface area contributed by atoms with Gasteiger partial charge in [-0.1, -0.05) is 25.0 Å². The number of nitrogens with zero attached hydrogens (tertiary/aromatic N) is 2. The van der Waals surface area contributed by atoms with Crippen molar-refractivity contribution in [2.24, 2.45) is 0 Å². The fourth-order valence-electron chi connectivity index (χ4n) is 4.18. The minimum absolute atomic E-state index is 0.238. The molecule has 2 aliphatic heterocycles. The van der Waals surface area contributed by atoms with Crippen LogP contribution >= 0.6 is 0 Å². The minimum atomic E-state index is 0.238. The Morgan fingerprint density at radius 2 is 1.87 bits per heavy atom. The summed E-state index contributed by atoms with van der Waals surface area (Å²) in [5.74, 6) is 1.14. The first-order chi connectivity index (χ1) is 11.2. The zero-order chi connectivity index (χ0) is 16.2. The first-order valence-corrected chi connectivity index (χ1v) is 8.83. The number of hydrogen-bond acceptors (Lipinski definition) is 3. The van der Waals surface area contributed by atoms with E-state index in [0.717, 1.165) is 38.2 Å². The zero-order valence-electron chi connectivity index (χ0n) is 14.3. The number of hydrogen-bond donors (Lipinski definition) is 0. The molecule has 2 saturated heterocycles. The second-order valence-electron chi connectivity index (χ2n) is 6.80. The molecule has 0 unspecified atom stereocenters. The van der Waals surface area contributed by atoms with Crippen LogP contribution in [0.5, 0.6) is 5.75 Å². The predicted octanol–water partition coefficient (Wildman–Crippen LogP) is 3.06. The summed E-state index contributed by atoms with van der Waals surface area (Å²) in [4.78, 5) is 16.6. The monoisotopic (exact) mass is 316 g/mol. The van der Waals surface area contributed by atoms with E-state index in [2.05, 4.69) is 21.9 Å². The van der Waals surface area contributed by atoms with Crippen LogP contribution in [0.2, 0.25) is 0 Å². The molecule has 0 aromatic heterocycles. The molecule has 0 radical (unpaired) electrons. The first kappa shape index (κ1) is 16.3. The van der Waals surface area contributed by atoms with Crippen LogP contribution < -0.4 is 4.74 Å². The average molecular weight is 316 g/mol. The Kier molecular flexibility index (Phi) is 5.21. The van der Waals surface area contributed by atoms with Crippen molar-refractivity contribution in [2.45, 2.75) is 57.7 Å². The molecule has 2 heterocycles. The summed E-state index contributed by atoms with van der Waals surface area (Å²) in [6.07, 6.45) is 6.05. The smallest absolute Gasteiger partial charge is 0.219 e. The van der Waals surface area contributed by atoms with Crippen LogP contribution in [0.3, 0.4) is 0 Å². The Morgan fingerprint density at radius 3 is 2.57 bits per heavy atom. The van der Waals surface area contributed by atoms with Crippen molar-refractivity contribution in [3.63, 3.8) is 0 Å². The molecule has 4 heteroatoms. The minimum Gasteiger partial charge on any atom is -0.497 e. The molecule has 0 aliphatic carbocycles. The fraction of sp³-hybridized carbons (Fsp3) is 0.632. The third-order valence-electron chi connectivity index (χ3n) is 5.37. The number of carbonyl (C=O) groups is 1. The van der Waals surface area contributed by atoms with E-state index in [1.807, 2.05) is 12.1 Å². The van der Waals surface area contributed by atoms with Crippen molar-refractivity contribution in [3.05, 3.63) is 29.8 Å². The summed E-state index contributed by atoms with van der Waals surface area (Å²) < 4.78 is 5.25. The molecule has 3 rings (SSSR count). The number of carbonyl (C=O) groups excluding carboxylic acids is 1. The largest absolute Gasteiger partial charge is 0.497 e. The summed E-state index contributed by atoms with van der Waals surface area (Å²) in [5, 5.41) is 0. The molecule has 2 fully saturated rings. The Balaban J connectivity index is 1.74. The maximum Gasteiger partial charge on any atom is 0.219 e. The number of rotatable bonds is 3. The Bertz CT molecular complexity index is 529. The van der Waals surface area contributed by atoms with Crippen LogP contribution in [-0.4, -0.2) is 48.0 Å². The summed E-state index contributed by atoms with van der Waals surface area (Å²) in [6.45, 7) is 4.74. The molecule has 2 aliphatic rings. The van der Waals surface area contributed by atoms with E-state index in [1.54, 1.807) is 14.0 Å². The van der Waals surface area contributed by atoms with Gasteiger partial charge in [0.1, 0.15) is 5.75 Å². The van der Waals surface area contributed by atoms with Crippen molar-refractivity contribution < 1.29 is 9.53 Å². The van der Waals surface area contributed by atoms with E-state index in [0.29, 0.717) is 12.1 Å². The van der Waals surface area contributed by atoms with E-state index < -0.39 is 0 Å². The van der Waals surface area contributed by atoms with Crippen molar-refractivity contribution >= 4 is 5.91 Å². The van der Waals surface area contributed by atoms with Gasteiger partial charge >= 0.3 is 0 Å². The molecule has 0 bridgehead atoms. The molecule has 0 saturated carbocycles. The number of fused-ring (bicyclic) bond motifs is 1. The van der Waals surface area contributed by atoms with Gasteiger partial charge in [-0.3, -0.25) is 9.69 Å². The number of methoxy groups -OCH3 is 1. The third-order valence-corrected chi connectivity index (χ3v) is 5.37. The Morgan fingerprint density at radius 1 is 1.09 bits per heavy atom. The lowest BCUT2D eigenvalue weighted by Crippen LogP contribution is -2.47. The predicted molar refractivity (Wildman–Crippen MR) is 91.5 cm³/mol. The molecule has 1 aromatic carbocycles. The van der Waals surface area contributed by atoms with E-state index in [-0.39, 0.29) is 5.91 Å². The van der Waals surface area contributed by atoms with Crippen LogP contribution in [0, 0.1) is 0 Å². The molecule has 0 spiro atoms. The van der Waals surface area contributed by atoms with Gasteiger partial charge in [0.2, 0.25) is 5.91 Å². The number of likely N-dealkylation sites (tertiary alicyclic amines) is 2. The van der Waals surface area contributed by atoms with Gasteiger partial charge in [0.15, 0.2) is 0 Å². The van der Waals surface area contributed by atoms with Gasteiger partial charge < -0.3 is 9.64 Å². The Labute approximate surface area is 139 Å². The van der Waals surface area contributed by atoms with E-state index >= 15 is 0 Å². The summed E-state index contributed by atoms with van der Waals surface area (Å²) in [6, 6.07) is 9.31. The van der Waals surface area contributed by atoms with Gasteiger partial charge in [-0.25, -0.2) is 0 Å². The maximum atomic E-state index is 11.9. The van der Waals surface area contributed by atoms with Gasteiger partial charge in [0.05, 0.1) is 7.11 Å². The lowest BCUT2D eigenvalue weighted by molar-refractivity contribution is -0.130. The van der Waals surface area contributed by atoms with E-state index in [9.17, 15) is 4.79 Å². The molecule has 4 nitrogen and oxygen atoms in total. The standard InChI is InChI=1S/C19H28N2O2/c1-15(22)21-13-11-18-19(21)6-4-3-5-12-20(18)14-16-7-9-17(23-2)10-8-16/h7-10,18-19H,3-6,11-14H2,1-2H3/t18-,19+/m0/s1. The summed E-state index contributed by atoms with van der Waals surface area (Å²) in [5.41, 5.74) is 1.33. The highest BCUT2D eigenvalue weighted by atomic mass is 16.5. The lowest BCUT2D eigenvalue weighted by atomic mass is 9.96. The maximum absolute atomic E-state index is 11.9. The Hall–Kier alpha value is -1.55.